The van der Waals surface area contributed by atoms with E-state index in [9.17, 15) is 14.0 Å². The van der Waals surface area contributed by atoms with Crippen molar-refractivity contribution in [3.63, 3.8) is 0 Å². The number of halogens is 1. The Hall–Kier alpha value is -5.45. The summed E-state index contributed by atoms with van der Waals surface area (Å²) in [7, 11) is 4.52. The van der Waals surface area contributed by atoms with Crippen LogP contribution in [0.2, 0.25) is 0 Å². The molecule has 3 aromatic heterocycles. The fourth-order valence-electron chi connectivity index (χ4n) is 4.45. The molecule has 1 N–H and O–H groups in total. The minimum absolute atomic E-state index is 0. The zero-order valence-electron chi connectivity index (χ0n) is 24.2. The number of pyridine rings is 3. The summed E-state index contributed by atoms with van der Waals surface area (Å²) in [5.41, 5.74) is -0.00627. The molecule has 0 radical (unpaired) electrons. The number of hydrogen-bond acceptors (Lipinski definition) is 8. The molecule has 11 heteroatoms. The summed E-state index contributed by atoms with van der Waals surface area (Å²) in [6.07, 6.45) is 6.04. The van der Waals surface area contributed by atoms with Gasteiger partial charge in [0.15, 0.2) is 11.5 Å². The van der Waals surface area contributed by atoms with Crippen LogP contribution in [-0.2, 0) is 0 Å². The highest BCUT2D eigenvalue weighted by Gasteiger charge is 2.20. The normalized spacial score (nSPS) is 11.0. The third-order valence-corrected chi connectivity index (χ3v) is 6.77. The lowest BCUT2D eigenvalue weighted by Gasteiger charge is -2.16. The van der Waals surface area contributed by atoms with Crippen LogP contribution >= 0.6 is 0 Å². The molecular formula is C32H31FN4O6. The van der Waals surface area contributed by atoms with E-state index in [1.165, 1.54) is 37.8 Å². The van der Waals surface area contributed by atoms with E-state index in [-0.39, 0.29) is 30.0 Å². The minimum Gasteiger partial charge on any atom is -0.497 e. The number of fused-ring (bicyclic) bond motifs is 1. The molecule has 3 heterocycles. The Kier molecular flexibility index (Phi) is 8.24. The van der Waals surface area contributed by atoms with E-state index >= 15 is 0 Å². The maximum Gasteiger partial charge on any atom is 0.262 e. The van der Waals surface area contributed by atoms with Gasteiger partial charge in [-0.3, -0.25) is 14.6 Å². The topological polar surface area (TPSA) is 114 Å². The molecule has 0 atom stereocenters. The number of carbonyl (C=O) groups excluding carboxylic acids is 1. The van der Waals surface area contributed by atoms with Crippen LogP contribution in [0, 0.1) is 5.82 Å². The molecule has 0 fully saturated rings. The second kappa shape index (κ2) is 12.2. The number of carbonyl (C=O) groups is 1. The van der Waals surface area contributed by atoms with Crippen LogP contribution in [0.3, 0.4) is 0 Å². The van der Waals surface area contributed by atoms with E-state index < -0.39 is 17.2 Å². The molecule has 0 saturated heterocycles. The molecule has 0 saturated carbocycles. The Balaban J connectivity index is 0.00000442. The molecule has 2 aromatic carbocycles. The molecule has 1 amide bonds. The van der Waals surface area contributed by atoms with Gasteiger partial charge in [0.05, 0.1) is 33.0 Å². The van der Waals surface area contributed by atoms with Crippen molar-refractivity contribution in [1.29, 1.82) is 0 Å². The summed E-state index contributed by atoms with van der Waals surface area (Å²) >= 11 is 0. The number of amides is 1. The molecule has 0 spiro atoms. The molecule has 0 unspecified atom stereocenters. The average Bonchev–Trinajstić information content (AvgIpc) is 3.01. The van der Waals surface area contributed by atoms with Crippen molar-refractivity contribution >= 4 is 22.6 Å². The molecule has 0 aliphatic rings. The highest BCUT2D eigenvalue weighted by atomic mass is 19.1. The molecule has 0 aliphatic heterocycles. The molecule has 0 aliphatic carbocycles. The number of nitrogens with one attached hydrogen (secondary N) is 1. The van der Waals surface area contributed by atoms with Crippen LogP contribution in [0.1, 0.15) is 31.7 Å². The number of ether oxygens (including phenoxy) is 4. The van der Waals surface area contributed by atoms with Crippen LogP contribution in [0.5, 0.6) is 28.7 Å². The lowest BCUT2D eigenvalue weighted by atomic mass is 10.0. The van der Waals surface area contributed by atoms with Crippen molar-refractivity contribution in [3.05, 3.63) is 94.9 Å². The monoisotopic (exact) mass is 586 g/mol. The van der Waals surface area contributed by atoms with Crippen LogP contribution < -0.4 is 29.7 Å². The SMILES string of the molecule is COc1ccc(-c2cn(C(C)C)cc(C(=O)Nc3ccc(Oc4ccnc5cc(OC)c(OC)cc45)cn3)c2=O)c(F)c1.[HH]. The van der Waals surface area contributed by atoms with Gasteiger partial charge in [-0.1, -0.05) is 0 Å². The number of methoxy groups -OCH3 is 3. The summed E-state index contributed by atoms with van der Waals surface area (Å²) < 4.78 is 38.5. The van der Waals surface area contributed by atoms with Crippen LogP contribution in [0.15, 0.2) is 78.1 Å². The van der Waals surface area contributed by atoms with Crippen molar-refractivity contribution in [2.45, 2.75) is 19.9 Å². The number of aromatic nitrogens is 3. The largest absolute Gasteiger partial charge is 0.497 e. The Morgan fingerprint density at radius 1 is 0.884 bits per heavy atom. The highest BCUT2D eigenvalue weighted by molar-refractivity contribution is 6.04. The second-order valence-corrected chi connectivity index (χ2v) is 9.77. The minimum atomic E-state index is -0.683. The first kappa shape index (κ1) is 29.1. The maximum atomic E-state index is 14.9. The lowest BCUT2D eigenvalue weighted by Crippen LogP contribution is -2.25. The van der Waals surface area contributed by atoms with E-state index in [4.69, 9.17) is 18.9 Å². The number of hydrogen-bond donors (Lipinski definition) is 1. The first-order chi connectivity index (χ1) is 20.7. The molecule has 0 bridgehead atoms. The van der Waals surface area contributed by atoms with Crippen LogP contribution in [0.25, 0.3) is 22.0 Å². The van der Waals surface area contributed by atoms with Crippen molar-refractivity contribution in [3.8, 4) is 39.9 Å². The number of anilines is 1. The van der Waals surface area contributed by atoms with Crippen molar-refractivity contribution in [2.24, 2.45) is 0 Å². The molecular weight excluding hydrogens is 555 g/mol. The summed E-state index contributed by atoms with van der Waals surface area (Å²) in [6, 6.07) is 12.5. The first-order valence-corrected chi connectivity index (χ1v) is 13.3. The molecule has 10 nitrogen and oxygen atoms in total. The lowest BCUT2D eigenvalue weighted by molar-refractivity contribution is 0.102. The quantitative estimate of drug-likeness (QED) is 0.208. The number of benzene rings is 2. The van der Waals surface area contributed by atoms with Gasteiger partial charge in [-0.25, -0.2) is 9.37 Å². The summed E-state index contributed by atoms with van der Waals surface area (Å²) in [4.78, 5) is 35.3. The molecule has 5 aromatic rings. The fourth-order valence-corrected chi connectivity index (χ4v) is 4.45. The summed E-state index contributed by atoms with van der Waals surface area (Å²) in [6.45, 7) is 3.78. The van der Waals surface area contributed by atoms with Gasteiger partial charge in [-0.2, -0.15) is 0 Å². The standard InChI is InChI=1S/C32H29FN4O6.H2/c1-18(2)37-16-23(21-8-6-19(40-3)12-25(21)33)31(38)24(17-37)32(39)36-30-9-7-20(15-35-30)43-27-10-11-34-26-14-29(42-5)28(41-4)13-22(26)27;/h6-18H,1-5H3,(H,35,36,39);1H. The first-order valence-electron chi connectivity index (χ1n) is 13.3. The van der Waals surface area contributed by atoms with Gasteiger partial charge < -0.3 is 28.8 Å². The van der Waals surface area contributed by atoms with Crippen molar-refractivity contribution < 1.29 is 29.6 Å². The van der Waals surface area contributed by atoms with Crippen LogP contribution in [0.4, 0.5) is 10.2 Å². The number of rotatable bonds is 9. The van der Waals surface area contributed by atoms with Gasteiger partial charge in [-0.15, -0.1) is 0 Å². The van der Waals surface area contributed by atoms with E-state index in [0.717, 1.165) is 0 Å². The zero-order valence-corrected chi connectivity index (χ0v) is 24.2. The Labute approximate surface area is 248 Å². The predicted molar refractivity (Wildman–Crippen MR) is 162 cm³/mol. The van der Waals surface area contributed by atoms with Gasteiger partial charge in [0.1, 0.15) is 34.4 Å². The van der Waals surface area contributed by atoms with E-state index in [1.807, 2.05) is 13.8 Å². The smallest absolute Gasteiger partial charge is 0.262 e. The number of nitrogens with zero attached hydrogens (tertiary/aromatic N) is 3. The predicted octanol–water partition coefficient (Wildman–Crippen LogP) is 6.49. The molecule has 43 heavy (non-hydrogen) atoms. The fraction of sp³-hybridized carbons (Fsp3) is 0.188. The van der Waals surface area contributed by atoms with Gasteiger partial charge in [0, 0.05) is 54.7 Å². The molecule has 222 valence electrons. The van der Waals surface area contributed by atoms with Crippen molar-refractivity contribution in [1.82, 2.24) is 14.5 Å². The van der Waals surface area contributed by atoms with Gasteiger partial charge >= 0.3 is 0 Å². The summed E-state index contributed by atoms with van der Waals surface area (Å²) in [5.74, 6) is 1.18. The zero-order chi connectivity index (χ0) is 30.7. The highest BCUT2D eigenvalue weighted by Crippen LogP contribution is 2.37. The Morgan fingerprint density at radius 3 is 2.28 bits per heavy atom. The van der Waals surface area contributed by atoms with Crippen molar-refractivity contribution in [2.75, 3.05) is 26.6 Å². The second-order valence-electron chi connectivity index (χ2n) is 9.77. The Morgan fingerprint density at radius 2 is 1.63 bits per heavy atom. The maximum absolute atomic E-state index is 14.9. The third-order valence-electron chi connectivity index (χ3n) is 6.77. The van der Waals surface area contributed by atoms with Crippen LogP contribution in [-0.4, -0.2) is 41.8 Å². The average molecular weight is 587 g/mol. The van der Waals surface area contributed by atoms with Gasteiger partial charge in [0.25, 0.3) is 5.91 Å². The Bertz CT molecular complexity index is 1880. The van der Waals surface area contributed by atoms with E-state index in [1.54, 1.807) is 61.4 Å². The third kappa shape index (κ3) is 5.96. The van der Waals surface area contributed by atoms with E-state index in [2.05, 4.69) is 15.3 Å². The van der Waals surface area contributed by atoms with Gasteiger partial charge in [-0.05, 0) is 50.2 Å². The summed E-state index contributed by atoms with van der Waals surface area (Å²) in [5, 5.41) is 3.35. The van der Waals surface area contributed by atoms with Gasteiger partial charge in [0.2, 0.25) is 5.43 Å². The van der Waals surface area contributed by atoms with E-state index in [0.29, 0.717) is 39.7 Å². The molecule has 5 rings (SSSR count).